The Morgan fingerprint density at radius 1 is 1.41 bits per heavy atom. The van der Waals surface area contributed by atoms with Crippen molar-refractivity contribution >= 4 is 5.91 Å². The zero-order valence-electron chi connectivity index (χ0n) is 12.8. The zero-order valence-corrected chi connectivity index (χ0v) is 12.8. The molecule has 0 bridgehead atoms. The Morgan fingerprint density at radius 2 is 2.18 bits per heavy atom. The maximum Gasteiger partial charge on any atom is 0.257 e. The topological polar surface area (TPSA) is 68.5 Å². The minimum Gasteiger partial charge on any atom is -0.497 e. The van der Waals surface area contributed by atoms with Gasteiger partial charge in [0.25, 0.3) is 5.89 Å². The smallest absolute Gasteiger partial charge is 0.257 e. The Hall–Kier alpha value is -2.37. The van der Waals surface area contributed by atoms with E-state index in [1.807, 2.05) is 29.2 Å². The van der Waals surface area contributed by atoms with Crippen LogP contribution in [0, 0.1) is 5.92 Å². The zero-order chi connectivity index (χ0) is 15.5. The Kier molecular flexibility index (Phi) is 4.09. The largest absolute Gasteiger partial charge is 0.497 e. The Bertz CT molecular complexity index is 651. The van der Waals surface area contributed by atoms with Crippen molar-refractivity contribution in [3.63, 3.8) is 0 Å². The number of benzene rings is 1. The summed E-state index contributed by atoms with van der Waals surface area (Å²) < 4.78 is 10.5. The van der Waals surface area contributed by atoms with Crippen LogP contribution in [0.4, 0.5) is 0 Å². The van der Waals surface area contributed by atoms with E-state index in [-0.39, 0.29) is 5.91 Å². The number of carbonyl (C=O) groups excluding carboxylic acids is 1. The van der Waals surface area contributed by atoms with Gasteiger partial charge in [-0.2, -0.15) is 4.98 Å². The van der Waals surface area contributed by atoms with Crippen molar-refractivity contribution < 1.29 is 14.1 Å². The van der Waals surface area contributed by atoms with Gasteiger partial charge in [-0.25, -0.2) is 0 Å². The standard InChI is InChI=1S/C16H19N3O3/c1-11(20)19-8-7-12(10-19)9-15-17-16(22-18-15)13-3-5-14(21-2)6-4-13/h3-6,12H,7-10H2,1-2H3. The molecule has 3 rings (SSSR count). The summed E-state index contributed by atoms with van der Waals surface area (Å²) in [4.78, 5) is 17.7. The summed E-state index contributed by atoms with van der Waals surface area (Å²) in [6.07, 6.45) is 1.73. The van der Waals surface area contributed by atoms with Crippen LogP contribution in [0.3, 0.4) is 0 Å². The van der Waals surface area contributed by atoms with Gasteiger partial charge in [-0.05, 0) is 36.6 Å². The lowest BCUT2D eigenvalue weighted by molar-refractivity contribution is -0.127. The maximum absolute atomic E-state index is 11.4. The van der Waals surface area contributed by atoms with E-state index < -0.39 is 0 Å². The molecule has 22 heavy (non-hydrogen) atoms. The Morgan fingerprint density at radius 3 is 2.82 bits per heavy atom. The first-order chi connectivity index (χ1) is 10.7. The van der Waals surface area contributed by atoms with Crippen LogP contribution < -0.4 is 4.74 Å². The second-order valence-corrected chi connectivity index (χ2v) is 5.57. The number of aromatic nitrogens is 2. The van der Waals surface area contributed by atoms with Gasteiger partial charge < -0.3 is 14.2 Å². The molecule has 1 aliphatic rings. The van der Waals surface area contributed by atoms with Crippen LogP contribution in [0.25, 0.3) is 11.5 Å². The molecule has 6 nitrogen and oxygen atoms in total. The summed E-state index contributed by atoms with van der Waals surface area (Å²) in [5.74, 6) is 2.54. The number of hydrogen-bond acceptors (Lipinski definition) is 5. The third kappa shape index (κ3) is 3.10. The van der Waals surface area contributed by atoms with Crippen LogP contribution in [-0.4, -0.2) is 41.1 Å². The fourth-order valence-electron chi connectivity index (χ4n) is 2.73. The number of rotatable bonds is 4. The van der Waals surface area contributed by atoms with E-state index in [1.165, 1.54) is 0 Å². The molecule has 1 amide bonds. The summed E-state index contributed by atoms with van der Waals surface area (Å²) in [5, 5.41) is 4.05. The molecule has 6 heteroatoms. The predicted molar refractivity (Wildman–Crippen MR) is 80.4 cm³/mol. The maximum atomic E-state index is 11.4. The van der Waals surface area contributed by atoms with Crippen molar-refractivity contribution in [3.8, 4) is 17.2 Å². The van der Waals surface area contributed by atoms with Crippen LogP contribution >= 0.6 is 0 Å². The number of ether oxygens (including phenoxy) is 1. The highest BCUT2D eigenvalue weighted by molar-refractivity contribution is 5.73. The quantitative estimate of drug-likeness (QED) is 0.865. The van der Waals surface area contributed by atoms with Gasteiger partial charge in [0.15, 0.2) is 5.82 Å². The van der Waals surface area contributed by atoms with Crippen LogP contribution in [0.2, 0.25) is 0 Å². The van der Waals surface area contributed by atoms with Crippen LogP contribution in [0.5, 0.6) is 5.75 Å². The number of nitrogens with zero attached hydrogens (tertiary/aromatic N) is 3. The van der Waals surface area contributed by atoms with E-state index in [1.54, 1.807) is 14.0 Å². The van der Waals surface area contributed by atoms with E-state index in [0.717, 1.165) is 37.2 Å². The summed E-state index contributed by atoms with van der Waals surface area (Å²) in [7, 11) is 1.63. The molecule has 1 unspecified atom stereocenters. The fraction of sp³-hybridized carbons (Fsp3) is 0.438. The fourth-order valence-corrected chi connectivity index (χ4v) is 2.73. The van der Waals surface area contributed by atoms with E-state index in [9.17, 15) is 4.79 Å². The summed E-state index contributed by atoms with van der Waals surface area (Å²) in [6, 6.07) is 7.51. The lowest BCUT2D eigenvalue weighted by Gasteiger charge is -2.12. The van der Waals surface area contributed by atoms with Crippen LogP contribution in [0.1, 0.15) is 19.2 Å². The SMILES string of the molecule is COc1ccc(-c2nc(CC3CCN(C(C)=O)C3)no2)cc1. The molecule has 0 aliphatic carbocycles. The highest BCUT2D eigenvalue weighted by Gasteiger charge is 2.25. The van der Waals surface area contributed by atoms with E-state index in [2.05, 4.69) is 10.1 Å². The molecule has 1 aromatic heterocycles. The van der Waals surface area contributed by atoms with Gasteiger partial charge in [0.1, 0.15) is 5.75 Å². The van der Waals surface area contributed by atoms with Gasteiger partial charge in [0.2, 0.25) is 5.91 Å². The van der Waals surface area contributed by atoms with E-state index in [4.69, 9.17) is 9.26 Å². The molecule has 1 aromatic carbocycles. The van der Waals surface area contributed by atoms with Crippen molar-refractivity contribution in [2.75, 3.05) is 20.2 Å². The third-order valence-corrected chi connectivity index (χ3v) is 4.01. The van der Waals surface area contributed by atoms with Gasteiger partial charge in [-0.3, -0.25) is 4.79 Å². The van der Waals surface area contributed by atoms with Gasteiger partial charge in [-0.1, -0.05) is 5.16 Å². The average molecular weight is 301 g/mol. The number of methoxy groups -OCH3 is 1. The molecule has 1 aliphatic heterocycles. The van der Waals surface area contributed by atoms with E-state index >= 15 is 0 Å². The average Bonchev–Trinajstić information content (AvgIpc) is 3.17. The third-order valence-electron chi connectivity index (χ3n) is 4.01. The number of amides is 1. The predicted octanol–water partition coefficient (Wildman–Crippen LogP) is 2.16. The molecule has 1 fully saturated rings. The summed E-state index contributed by atoms with van der Waals surface area (Å²) in [5.41, 5.74) is 0.872. The normalized spacial score (nSPS) is 17.7. The lowest BCUT2D eigenvalue weighted by Crippen LogP contribution is -2.26. The molecule has 0 radical (unpaired) electrons. The number of carbonyl (C=O) groups is 1. The highest BCUT2D eigenvalue weighted by Crippen LogP contribution is 2.23. The Balaban J connectivity index is 1.65. The lowest BCUT2D eigenvalue weighted by atomic mass is 10.1. The number of likely N-dealkylation sites (tertiary alicyclic amines) is 1. The van der Waals surface area contributed by atoms with Crippen molar-refractivity contribution in [1.29, 1.82) is 0 Å². The van der Waals surface area contributed by atoms with Crippen LogP contribution in [0.15, 0.2) is 28.8 Å². The van der Waals surface area contributed by atoms with Gasteiger partial charge in [0.05, 0.1) is 7.11 Å². The highest BCUT2D eigenvalue weighted by atomic mass is 16.5. The molecule has 2 aromatic rings. The minimum atomic E-state index is 0.134. The first kappa shape index (κ1) is 14.6. The molecular weight excluding hydrogens is 282 g/mol. The minimum absolute atomic E-state index is 0.134. The second kappa shape index (κ2) is 6.17. The van der Waals surface area contributed by atoms with E-state index in [0.29, 0.717) is 17.6 Å². The summed E-state index contributed by atoms with van der Waals surface area (Å²) in [6.45, 7) is 3.21. The summed E-state index contributed by atoms with van der Waals surface area (Å²) >= 11 is 0. The molecule has 1 saturated heterocycles. The van der Waals surface area contributed by atoms with Crippen molar-refractivity contribution in [2.45, 2.75) is 19.8 Å². The number of hydrogen-bond donors (Lipinski definition) is 0. The van der Waals surface area contributed by atoms with Crippen molar-refractivity contribution in [3.05, 3.63) is 30.1 Å². The second-order valence-electron chi connectivity index (χ2n) is 5.57. The molecular formula is C16H19N3O3. The Labute approximate surface area is 129 Å². The van der Waals surface area contributed by atoms with Gasteiger partial charge in [0, 0.05) is 32.0 Å². The molecule has 0 spiro atoms. The molecule has 0 saturated carbocycles. The molecule has 1 atom stereocenters. The van der Waals surface area contributed by atoms with Gasteiger partial charge in [-0.15, -0.1) is 0 Å². The first-order valence-corrected chi connectivity index (χ1v) is 7.38. The van der Waals surface area contributed by atoms with Gasteiger partial charge >= 0.3 is 0 Å². The van der Waals surface area contributed by atoms with Crippen molar-refractivity contribution in [1.82, 2.24) is 15.0 Å². The molecule has 2 heterocycles. The first-order valence-electron chi connectivity index (χ1n) is 7.38. The van der Waals surface area contributed by atoms with Crippen LogP contribution in [-0.2, 0) is 11.2 Å². The molecule has 116 valence electrons. The van der Waals surface area contributed by atoms with Crippen molar-refractivity contribution in [2.24, 2.45) is 5.92 Å². The molecule has 0 N–H and O–H groups in total. The monoisotopic (exact) mass is 301 g/mol.